The van der Waals surface area contributed by atoms with Crippen LogP contribution in [0.2, 0.25) is 0 Å². The quantitative estimate of drug-likeness (QED) is 0.0498. The van der Waals surface area contributed by atoms with Crippen molar-refractivity contribution in [2.45, 2.75) is 47.3 Å². The van der Waals surface area contributed by atoms with Crippen molar-refractivity contribution in [3.8, 4) is 34.1 Å². The number of benzene rings is 6. The fourth-order valence-corrected chi connectivity index (χ4v) is 9.85. The third kappa shape index (κ3) is 9.45. The molecule has 0 radical (unpaired) electrons. The number of carbonyl (C=O) groups excluding carboxylic acids is 1. The Bertz CT molecular complexity index is 2960. The van der Waals surface area contributed by atoms with Crippen LogP contribution in [-0.4, -0.2) is 67.7 Å². The first-order valence-electron chi connectivity index (χ1n) is 18.7. The standard InChI is InChI=1S/C44H39NO13S4/c1-25-12-29-16-31-20-38(60(50,51)52)22-33(41(31)47)18-35-14-28(26-6-4-3-5-7-26)15-36(43(35)58-62(56,57)37-10-8-27(9-11-37)44(49)45-24-59-2)19-34-23-39(61(53,54)55)21-32(42(34)48)17-30(13-25)40(29)46/h3-15,20-23,46-48H,16-19,24H2,1-2H3,(H,45,49)(H,50,51,52)(H,53,54,55). The first kappa shape index (κ1) is 44.2. The molecule has 8 bridgehead atoms. The predicted molar refractivity (Wildman–Crippen MR) is 232 cm³/mol. The number of aryl methyl sites for hydroxylation is 1. The van der Waals surface area contributed by atoms with Crippen LogP contribution in [0.15, 0.2) is 118 Å². The van der Waals surface area contributed by atoms with Crippen LogP contribution in [0.4, 0.5) is 0 Å². The van der Waals surface area contributed by atoms with Crippen molar-refractivity contribution in [1.29, 1.82) is 0 Å². The van der Waals surface area contributed by atoms with Gasteiger partial charge in [-0.1, -0.05) is 48.0 Å². The summed E-state index contributed by atoms with van der Waals surface area (Å²) in [5, 5.41) is 38.0. The van der Waals surface area contributed by atoms with Gasteiger partial charge in [0.1, 0.15) is 27.9 Å². The lowest BCUT2D eigenvalue weighted by molar-refractivity contribution is 0.0960. The Morgan fingerprint density at radius 3 is 1.42 bits per heavy atom. The van der Waals surface area contributed by atoms with Gasteiger partial charge in [0.15, 0.2) is 0 Å². The van der Waals surface area contributed by atoms with Gasteiger partial charge in [-0.25, -0.2) is 0 Å². The summed E-state index contributed by atoms with van der Waals surface area (Å²) in [6, 6.07) is 24.2. The Kier molecular flexibility index (Phi) is 12.2. The molecule has 7 rings (SSSR count). The maximum Gasteiger partial charge on any atom is 0.339 e. The average Bonchev–Trinajstić information content (AvgIpc) is 3.21. The summed E-state index contributed by atoms with van der Waals surface area (Å²) < 4.78 is 106. The minimum atomic E-state index is -4.91. The summed E-state index contributed by atoms with van der Waals surface area (Å²) in [7, 11) is -14.6. The van der Waals surface area contributed by atoms with Crippen LogP contribution >= 0.6 is 11.8 Å². The van der Waals surface area contributed by atoms with E-state index in [1.807, 2.05) is 0 Å². The van der Waals surface area contributed by atoms with Gasteiger partial charge in [-0.05, 0) is 96.1 Å². The molecule has 0 saturated heterocycles. The van der Waals surface area contributed by atoms with Crippen LogP contribution in [0.1, 0.15) is 60.4 Å². The Morgan fingerprint density at radius 2 is 1.00 bits per heavy atom. The summed E-state index contributed by atoms with van der Waals surface area (Å²) in [6.07, 6.45) is 0.360. The highest BCUT2D eigenvalue weighted by Gasteiger charge is 2.28. The highest BCUT2D eigenvalue weighted by Crippen LogP contribution is 2.42. The third-order valence-electron chi connectivity index (χ3n) is 10.3. The van der Waals surface area contributed by atoms with Crippen LogP contribution in [0, 0.1) is 6.92 Å². The maximum absolute atomic E-state index is 14.3. The average molecular weight is 918 g/mol. The summed E-state index contributed by atoms with van der Waals surface area (Å²) >= 11 is 1.37. The zero-order valence-corrected chi connectivity index (χ0v) is 36.3. The first-order chi connectivity index (χ1) is 29.2. The normalized spacial score (nSPS) is 13.0. The fraction of sp³-hybridized carbons (Fsp3) is 0.159. The largest absolute Gasteiger partial charge is 0.507 e. The lowest BCUT2D eigenvalue weighted by Crippen LogP contribution is -2.22. The molecule has 0 atom stereocenters. The lowest BCUT2D eigenvalue weighted by Gasteiger charge is -2.21. The fourth-order valence-electron chi connectivity index (χ4n) is 7.41. The molecule has 0 aliphatic heterocycles. The molecule has 6 N–H and O–H groups in total. The number of phenolic OH excluding ortho intramolecular Hbond substituents is 3. The van der Waals surface area contributed by atoms with E-state index in [0.717, 1.165) is 24.3 Å². The van der Waals surface area contributed by atoms with E-state index < -0.39 is 70.4 Å². The molecule has 14 nitrogen and oxygen atoms in total. The van der Waals surface area contributed by atoms with E-state index in [-0.39, 0.29) is 79.3 Å². The number of carbonyl (C=O) groups is 1. The number of hydrogen-bond donors (Lipinski definition) is 6. The molecule has 62 heavy (non-hydrogen) atoms. The monoisotopic (exact) mass is 917 g/mol. The smallest absolute Gasteiger partial charge is 0.339 e. The molecule has 0 saturated carbocycles. The van der Waals surface area contributed by atoms with Crippen LogP contribution in [0.25, 0.3) is 11.1 Å². The van der Waals surface area contributed by atoms with Crippen molar-refractivity contribution >= 4 is 48.0 Å². The molecule has 1 amide bonds. The van der Waals surface area contributed by atoms with Crippen LogP contribution in [-0.2, 0) is 56.0 Å². The van der Waals surface area contributed by atoms with E-state index in [0.29, 0.717) is 22.6 Å². The number of phenols is 3. The minimum absolute atomic E-state index is 0.0382. The Morgan fingerprint density at radius 1 is 0.581 bits per heavy atom. The lowest BCUT2D eigenvalue weighted by atomic mass is 9.89. The van der Waals surface area contributed by atoms with Gasteiger partial charge in [-0.15, -0.1) is 11.8 Å². The highest BCUT2D eigenvalue weighted by molar-refractivity contribution is 7.98. The zero-order chi connectivity index (χ0) is 44.7. The number of rotatable bonds is 9. The van der Waals surface area contributed by atoms with Gasteiger partial charge in [-0.3, -0.25) is 13.9 Å². The van der Waals surface area contributed by atoms with E-state index in [2.05, 4.69) is 5.32 Å². The zero-order valence-electron chi connectivity index (χ0n) is 33.0. The van der Waals surface area contributed by atoms with Gasteiger partial charge in [0.25, 0.3) is 26.1 Å². The number of hydrogen-bond acceptors (Lipinski definition) is 12. The predicted octanol–water partition coefficient (Wildman–Crippen LogP) is 6.77. The molecule has 0 heterocycles. The van der Waals surface area contributed by atoms with Crippen molar-refractivity contribution in [3.05, 3.63) is 159 Å². The molecule has 1 aliphatic rings. The van der Waals surface area contributed by atoms with Gasteiger partial charge < -0.3 is 24.8 Å². The van der Waals surface area contributed by atoms with E-state index in [4.69, 9.17) is 4.18 Å². The molecule has 1 aliphatic carbocycles. The van der Waals surface area contributed by atoms with Gasteiger partial charge in [-0.2, -0.15) is 25.3 Å². The molecule has 18 heteroatoms. The maximum atomic E-state index is 14.3. The van der Waals surface area contributed by atoms with Gasteiger partial charge >= 0.3 is 10.1 Å². The van der Waals surface area contributed by atoms with E-state index in [9.17, 15) is 54.5 Å². The van der Waals surface area contributed by atoms with Crippen molar-refractivity contribution in [3.63, 3.8) is 0 Å². The van der Waals surface area contributed by atoms with Gasteiger partial charge in [0, 0.05) is 64.6 Å². The summed E-state index contributed by atoms with van der Waals surface area (Å²) in [4.78, 5) is 11.0. The SMILES string of the molecule is CSCNC(=O)c1ccc(S(=O)(=O)Oc2c3cc(-c4ccccc4)cc2Cc2cc(S(=O)(=O)O)cc(c2O)Cc2cc(C)cc(c2O)Cc2cc(S(=O)(=O)O)cc(c2O)C3)cc1. The number of fused-ring (bicyclic) bond motifs is 8. The van der Waals surface area contributed by atoms with Crippen molar-refractivity contribution in [2.75, 3.05) is 12.1 Å². The van der Waals surface area contributed by atoms with Crippen LogP contribution in [0.5, 0.6) is 23.0 Å². The molecular formula is C44H39NO13S4. The van der Waals surface area contributed by atoms with E-state index in [1.54, 1.807) is 67.8 Å². The number of aromatic hydroxyl groups is 3. The summed E-state index contributed by atoms with van der Waals surface area (Å²) in [5.41, 5.74) is 2.11. The van der Waals surface area contributed by atoms with E-state index in [1.165, 1.54) is 36.0 Å². The van der Waals surface area contributed by atoms with Crippen molar-refractivity contribution in [1.82, 2.24) is 5.32 Å². The molecule has 0 unspecified atom stereocenters. The third-order valence-corrected chi connectivity index (χ3v) is 13.7. The van der Waals surface area contributed by atoms with Crippen LogP contribution in [0.3, 0.4) is 0 Å². The van der Waals surface area contributed by atoms with Gasteiger partial charge in [0.2, 0.25) is 0 Å². The summed E-state index contributed by atoms with van der Waals surface area (Å²) in [5.74, 6) is -1.64. The van der Waals surface area contributed by atoms with Crippen LogP contribution < -0.4 is 9.50 Å². The molecule has 0 fully saturated rings. The van der Waals surface area contributed by atoms with Crippen molar-refractivity contribution < 1.29 is 58.7 Å². The number of amides is 1. The number of nitrogens with one attached hydrogen (secondary N) is 1. The second-order valence-electron chi connectivity index (χ2n) is 14.8. The van der Waals surface area contributed by atoms with Gasteiger partial charge in [0.05, 0.1) is 15.7 Å². The molecule has 6 aromatic rings. The Labute approximate surface area is 362 Å². The molecule has 0 spiro atoms. The molecule has 6 aromatic carbocycles. The highest BCUT2D eigenvalue weighted by atomic mass is 32.2. The molecular weight excluding hydrogens is 879 g/mol. The first-order valence-corrected chi connectivity index (χ1v) is 24.4. The second-order valence-corrected chi connectivity index (χ2v) is 20.0. The Hall–Kier alpha value is -5.89. The number of thioether (sulfide) groups is 1. The Balaban J connectivity index is 1.53. The topological polar surface area (TPSA) is 242 Å². The second kappa shape index (κ2) is 17.1. The van der Waals surface area contributed by atoms with Crippen molar-refractivity contribution in [2.24, 2.45) is 0 Å². The molecule has 0 aromatic heterocycles. The minimum Gasteiger partial charge on any atom is -0.507 e. The molecule has 322 valence electrons. The van der Waals surface area contributed by atoms with E-state index >= 15 is 0 Å². The summed E-state index contributed by atoms with van der Waals surface area (Å²) in [6.45, 7) is 1.70.